The Morgan fingerprint density at radius 2 is 2.12 bits per heavy atom. The molecule has 0 saturated carbocycles. The van der Waals surface area contributed by atoms with Crippen LogP contribution in [0.15, 0.2) is 42.5 Å². The maximum Gasteiger partial charge on any atom is 0.255 e. The summed E-state index contributed by atoms with van der Waals surface area (Å²) in [6.07, 6.45) is 2.77. The molecule has 2 aromatic carbocycles. The van der Waals surface area contributed by atoms with Crippen LogP contribution in [0.5, 0.6) is 0 Å². The molecular formula is C20H21N3O2. The number of fused-ring (bicyclic) bond motifs is 3. The number of para-hydroxylation sites is 1. The second-order valence-corrected chi connectivity index (χ2v) is 6.54. The summed E-state index contributed by atoms with van der Waals surface area (Å²) in [6.45, 7) is 2.95. The molecule has 4 rings (SSSR count). The Morgan fingerprint density at radius 3 is 2.96 bits per heavy atom. The molecule has 5 nitrogen and oxygen atoms in total. The van der Waals surface area contributed by atoms with E-state index in [-0.39, 0.29) is 17.9 Å². The molecule has 0 aliphatic carbocycles. The van der Waals surface area contributed by atoms with Gasteiger partial charge < -0.3 is 15.5 Å². The summed E-state index contributed by atoms with van der Waals surface area (Å²) < 4.78 is 0. The zero-order chi connectivity index (χ0) is 17.4. The second-order valence-electron chi connectivity index (χ2n) is 6.54. The van der Waals surface area contributed by atoms with Crippen molar-refractivity contribution < 1.29 is 9.59 Å². The van der Waals surface area contributed by atoms with Crippen LogP contribution >= 0.6 is 0 Å². The molecule has 0 bridgehead atoms. The third-order valence-electron chi connectivity index (χ3n) is 5.03. The highest BCUT2D eigenvalue weighted by Gasteiger charge is 2.36. The largest absolute Gasteiger partial charge is 0.358 e. The predicted octanol–water partition coefficient (Wildman–Crippen LogP) is 3.42. The van der Waals surface area contributed by atoms with E-state index in [9.17, 15) is 9.59 Å². The van der Waals surface area contributed by atoms with Gasteiger partial charge in [0.15, 0.2) is 0 Å². The third kappa shape index (κ3) is 2.76. The molecule has 2 heterocycles. The first-order valence-corrected chi connectivity index (χ1v) is 8.78. The highest BCUT2D eigenvalue weighted by atomic mass is 16.2. The number of aryl methyl sites for hydroxylation is 1. The van der Waals surface area contributed by atoms with E-state index in [1.165, 1.54) is 0 Å². The van der Waals surface area contributed by atoms with Crippen molar-refractivity contribution in [3.63, 3.8) is 0 Å². The van der Waals surface area contributed by atoms with Gasteiger partial charge >= 0.3 is 0 Å². The number of amides is 2. The lowest BCUT2D eigenvalue weighted by atomic mass is 10.1. The fraction of sp³-hybridized carbons (Fsp3) is 0.300. The average molecular weight is 335 g/mol. The van der Waals surface area contributed by atoms with Gasteiger partial charge in [0.05, 0.1) is 11.4 Å². The van der Waals surface area contributed by atoms with E-state index in [1.807, 2.05) is 36.4 Å². The molecule has 2 aliphatic rings. The van der Waals surface area contributed by atoms with E-state index in [0.717, 1.165) is 48.4 Å². The van der Waals surface area contributed by atoms with Gasteiger partial charge in [-0.05, 0) is 49.1 Å². The Kier molecular flexibility index (Phi) is 3.92. The van der Waals surface area contributed by atoms with Crippen LogP contribution in [0.3, 0.4) is 0 Å². The van der Waals surface area contributed by atoms with Crippen LogP contribution in [-0.2, 0) is 11.2 Å². The zero-order valence-electron chi connectivity index (χ0n) is 14.2. The quantitative estimate of drug-likeness (QED) is 0.903. The van der Waals surface area contributed by atoms with E-state index >= 15 is 0 Å². The second kappa shape index (κ2) is 6.24. The van der Waals surface area contributed by atoms with E-state index in [4.69, 9.17) is 0 Å². The van der Waals surface area contributed by atoms with Gasteiger partial charge in [0, 0.05) is 17.8 Å². The lowest BCUT2D eigenvalue weighted by Crippen LogP contribution is -2.43. The SMILES string of the molecule is CCc1ccccc1NC(=O)c1ccc2c(c1)NC(=O)[C@H]1CCCN21. The lowest BCUT2D eigenvalue weighted by Gasteiger charge is -2.33. The molecule has 2 aromatic rings. The van der Waals surface area contributed by atoms with Crippen molar-refractivity contribution in [1.82, 2.24) is 0 Å². The fourth-order valence-corrected chi connectivity index (χ4v) is 3.72. The van der Waals surface area contributed by atoms with Crippen LogP contribution in [0.4, 0.5) is 17.1 Å². The molecule has 0 spiro atoms. The molecule has 1 fully saturated rings. The molecular weight excluding hydrogens is 314 g/mol. The van der Waals surface area contributed by atoms with Gasteiger partial charge in [-0.1, -0.05) is 25.1 Å². The third-order valence-corrected chi connectivity index (χ3v) is 5.03. The topological polar surface area (TPSA) is 61.4 Å². The molecule has 0 unspecified atom stereocenters. The van der Waals surface area contributed by atoms with Crippen LogP contribution in [0, 0.1) is 0 Å². The predicted molar refractivity (Wildman–Crippen MR) is 99.2 cm³/mol. The maximum atomic E-state index is 12.6. The normalized spacial score (nSPS) is 18.4. The highest BCUT2D eigenvalue weighted by Crippen LogP contribution is 2.37. The van der Waals surface area contributed by atoms with Gasteiger partial charge in [0.2, 0.25) is 5.91 Å². The molecule has 1 saturated heterocycles. The number of nitrogens with one attached hydrogen (secondary N) is 2. The minimum Gasteiger partial charge on any atom is -0.358 e. The number of benzene rings is 2. The van der Waals surface area contributed by atoms with Gasteiger partial charge in [-0.25, -0.2) is 0 Å². The van der Waals surface area contributed by atoms with Crippen molar-refractivity contribution in [2.24, 2.45) is 0 Å². The van der Waals surface area contributed by atoms with Crippen LogP contribution in [-0.4, -0.2) is 24.4 Å². The Morgan fingerprint density at radius 1 is 1.28 bits per heavy atom. The lowest BCUT2D eigenvalue weighted by molar-refractivity contribution is -0.117. The smallest absolute Gasteiger partial charge is 0.255 e. The summed E-state index contributed by atoms with van der Waals surface area (Å²) in [7, 11) is 0. The Hall–Kier alpha value is -2.82. The number of hydrogen-bond donors (Lipinski definition) is 2. The highest BCUT2D eigenvalue weighted by molar-refractivity contribution is 6.09. The van der Waals surface area contributed by atoms with Crippen LogP contribution in [0.25, 0.3) is 0 Å². The monoisotopic (exact) mass is 335 g/mol. The van der Waals surface area contributed by atoms with Gasteiger partial charge in [-0.2, -0.15) is 0 Å². The van der Waals surface area contributed by atoms with E-state index in [2.05, 4.69) is 22.5 Å². The fourth-order valence-electron chi connectivity index (χ4n) is 3.72. The zero-order valence-corrected chi connectivity index (χ0v) is 14.2. The number of carbonyl (C=O) groups excluding carboxylic acids is 2. The Labute approximate surface area is 147 Å². The van der Waals surface area contributed by atoms with Crippen LogP contribution < -0.4 is 15.5 Å². The summed E-state index contributed by atoms with van der Waals surface area (Å²) in [5.41, 5.74) is 4.20. The minimum atomic E-state index is -0.165. The van der Waals surface area contributed by atoms with E-state index in [1.54, 1.807) is 6.07 Å². The van der Waals surface area contributed by atoms with Crippen LogP contribution in [0.2, 0.25) is 0 Å². The van der Waals surface area contributed by atoms with Gasteiger partial charge in [0.1, 0.15) is 6.04 Å². The molecule has 2 amide bonds. The van der Waals surface area contributed by atoms with Gasteiger partial charge in [-0.3, -0.25) is 9.59 Å². The average Bonchev–Trinajstić information content (AvgIpc) is 3.12. The minimum absolute atomic E-state index is 0.0267. The first kappa shape index (κ1) is 15.7. The molecule has 5 heteroatoms. The van der Waals surface area contributed by atoms with Crippen LogP contribution in [0.1, 0.15) is 35.7 Å². The van der Waals surface area contributed by atoms with Gasteiger partial charge in [0.25, 0.3) is 5.91 Å². The first-order chi connectivity index (χ1) is 12.2. The van der Waals surface area contributed by atoms with Crippen molar-refractivity contribution in [2.75, 3.05) is 22.1 Å². The summed E-state index contributed by atoms with van der Waals surface area (Å²) in [6, 6.07) is 13.3. The molecule has 0 aromatic heterocycles. The molecule has 25 heavy (non-hydrogen) atoms. The summed E-state index contributed by atoms with van der Waals surface area (Å²) >= 11 is 0. The van der Waals surface area contributed by atoms with E-state index in [0.29, 0.717) is 5.56 Å². The number of anilines is 3. The molecule has 2 N–H and O–H groups in total. The first-order valence-electron chi connectivity index (χ1n) is 8.78. The Balaban J connectivity index is 1.61. The number of carbonyl (C=O) groups is 2. The summed E-state index contributed by atoms with van der Waals surface area (Å²) in [4.78, 5) is 27.0. The molecule has 2 aliphatic heterocycles. The molecule has 128 valence electrons. The molecule has 0 radical (unpaired) electrons. The van der Waals surface area contributed by atoms with E-state index < -0.39 is 0 Å². The van der Waals surface area contributed by atoms with Crippen molar-refractivity contribution in [2.45, 2.75) is 32.2 Å². The standard InChI is InChI=1S/C20H21N3O2/c1-2-13-6-3-4-7-15(13)21-19(24)14-9-10-17-16(12-14)22-20(25)18-8-5-11-23(17)18/h3-4,6-7,9-10,12,18H,2,5,8,11H2,1H3,(H,21,24)(H,22,25)/t18-/m1/s1. The summed E-state index contributed by atoms with van der Waals surface area (Å²) in [5, 5.41) is 5.93. The van der Waals surface area contributed by atoms with Gasteiger partial charge in [-0.15, -0.1) is 0 Å². The number of rotatable bonds is 3. The number of hydrogen-bond acceptors (Lipinski definition) is 3. The van der Waals surface area contributed by atoms with Crippen molar-refractivity contribution >= 4 is 28.9 Å². The summed E-state index contributed by atoms with van der Waals surface area (Å²) in [5.74, 6) is -0.139. The molecule has 1 atom stereocenters. The maximum absolute atomic E-state index is 12.6. The Bertz CT molecular complexity index is 847. The van der Waals surface area contributed by atoms with Crippen molar-refractivity contribution in [3.8, 4) is 0 Å². The number of nitrogens with zero attached hydrogens (tertiary/aromatic N) is 1. The van der Waals surface area contributed by atoms with Crippen molar-refractivity contribution in [3.05, 3.63) is 53.6 Å². The van der Waals surface area contributed by atoms with Crippen molar-refractivity contribution in [1.29, 1.82) is 0 Å².